The molecule has 0 amide bonds. The van der Waals surface area contributed by atoms with E-state index in [4.69, 9.17) is 0 Å². The van der Waals surface area contributed by atoms with Gasteiger partial charge in [0.1, 0.15) is 5.75 Å². The first-order valence-corrected chi connectivity index (χ1v) is 6.11. The Kier molecular flexibility index (Phi) is 3.38. The molecule has 2 rings (SSSR count). The van der Waals surface area contributed by atoms with Gasteiger partial charge in [-0.05, 0) is 45.5 Å². The first-order valence-electron chi connectivity index (χ1n) is 6.11. The molecule has 0 aliphatic rings. The van der Waals surface area contributed by atoms with E-state index < -0.39 is 0 Å². The van der Waals surface area contributed by atoms with Crippen molar-refractivity contribution in [3.63, 3.8) is 0 Å². The molecule has 0 unspecified atom stereocenters. The number of para-hydroxylation sites is 1. The van der Waals surface area contributed by atoms with Crippen molar-refractivity contribution in [2.45, 2.75) is 26.3 Å². The zero-order chi connectivity index (χ0) is 12.4. The molecule has 1 aromatic heterocycles. The predicted octanol–water partition coefficient (Wildman–Crippen LogP) is 2.69. The summed E-state index contributed by atoms with van der Waals surface area (Å²) < 4.78 is 2.15. The van der Waals surface area contributed by atoms with Gasteiger partial charge >= 0.3 is 0 Å². The van der Waals surface area contributed by atoms with Crippen LogP contribution in [0.15, 0.2) is 24.4 Å². The number of fused-ring (bicyclic) bond motifs is 1. The number of aromatic nitrogens is 1. The molecule has 0 bridgehead atoms. The molecule has 1 aromatic carbocycles. The lowest BCUT2D eigenvalue weighted by Crippen LogP contribution is -2.10. The van der Waals surface area contributed by atoms with E-state index >= 15 is 0 Å². The van der Waals surface area contributed by atoms with E-state index in [2.05, 4.69) is 36.0 Å². The van der Waals surface area contributed by atoms with Crippen molar-refractivity contribution in [1.29, 1.82) is 0 Å². The summed E-state index contributed by atoms with van der Waals surface area (Å²) in [5.41, 5.74) is 2.24. The Labute approximate surface area is 102 Å². The summed E-state index contributed by atoms with van der Waals surface area (Å²) in [5.74, 6) is 0.368. The molecule has 2 N–H and O–H groups in total. The van der Waals surface area contributed by atoms with E-state index in [1.807, 2.05) is 13.1 Å². The predicted molar refractivity (Wildman–Crippen MR) is 71.6 cm³/mol. The molecule has 17 heavy (non-hydrogen) atoms. The second-order valence-corrected chi connectivity index (χ2v) is 4.68. The van der Waals surface area contributed by atoms with Crippen molar-refractivity contribution in [1.82, 2.24) is 9.88 Å². The largest absolute Gasteiger partial charge is 0.506 e. The molecule has 92 valence electrons. The van der Waals surface area contributed by atoms with Crippen LogP contribution in [-0.2, 0) is 6.42 Å². The average Bonchev–Trinajstić information content (AvgIpc) is 2.67. The topological polar surface area (TPSA) is 37.2 Å². The third kappa shape index (κ3) is 2.15. The number of aromatic hydroxyl groups is 1. The van der Waals surface area contributed by atoms with Crippen LogP contribution < -0.4 is 5.32 Å². The number of hydrogen-bond donors (Lipinski definition) is 2. The molecule has 0 aliphatic heterocycles. The Morgan fingerprint density at radius 3 is 2.76 bits per heavy atom. The molecule has 2 aromatic rings. The van der Waals surface area contributed by atoms with E-state index in [1.54, 1.807) is 6.07 Å². The highest BCUT2D eigenvalue weighted by molar-refractivity contribution is 5.89. The van der Waals surface area contributed by atoms with Gasteiger partial charge in [-0.1, -0.05) is 12.1 Å². The van der Waals surface area contributed by atoms with Crippen LogP contribution in [0.4, 0.5) is 0 Å². The van der Waals surface area contributed by atoms with Crippen molar-refractivity contribution in [2.75, 3.05) is 13.6 Å². The van der Waals surface area contributed by atoms with Gasteiger partial charge in [-0.3, -0.25) is 0 Å². The van der Waals surface area contributed by atoms with Gasteiger partial charge in [0.25, 0.3) is 0 Å². The SMILES string of the molecule is CNCCc1cn(C(C)C)c2c(O)cccc12. The normalized spacial score (nSPS) is 11.5. The maximum atomic E-state index is 10.0. The van der Waals surface area contributed by atoms with Crippen molar-refractivity contribution >= 4 is 10.9 Å². The van der Waals surface area contributed by atoms with Gasteiger partial charge < -0.3 is 15.0 Å². The second-order valence-electron chi connectivity index (χ2n) is 4.68. The molecule has 3 nitrogen and oxygen atoms in total. The highest BCUT2D eigenvalue weighted by Gasteiger charge is 2.12. The summed E-state index contributed by atoms with van der Waals surface area (Å²) >= 11 is 0. The number of nitrogens with one attached hydrogen (secondary N) is 1. The lowest BCUT2D eigenvalue weighted by atomic mass is 10.1. The van der Waals surface area contributed by atoms with Crippen LogP contribution in [0.1, 0.15) is 25.5 Å². The Balaban J connectivity index is 2.58. The third-order valence-corrected chi connectivity index (χ3v) is 3.11. The molecule has 0 radical (unpaired) electrons. The summed E-state index contributed by atoms with van der Waals surface area (Å²) in [7, 11) is 1.96. The first-order chi connectivity index (χ1) is 8.15. The number of hydrogen-bond acceptors (Lipinski definition) is 2. The fourth-order valence-corrected chi connectivity index (χ4v) is 2.23. The van der Waals surface area contributed by atoms with E-state index in [0.29, 0.717) is 11.8 Å². The average molecular weight is 232 g/mol. The molecule has 0 fully saturated rings. The molecule has 0 saturated heterocycles. The molecule has 0 saturated carbocycles. The first kappa shape index (κ1) is 12.0. The van der Waals surface area contributed by atoms with Gasteiger partial charge in [0.15, 0.2) is 0 Å². The van der Waals surface area contributed by atoms with Crippen molar-refractivity contribution < 1.29 is 5.11 Å². The van der Waals surface area contributed by atoms with Gasteiger partial charge in [0, 0.05) is 17.6 Å². The van der Waals surface area contributed by atoms with Crippen LogP contribution in [0, 0.1) is 0 Å². The summed E-state index contributed by atoms with van der Waals surface area (Å²) in [6.07, 6.45) is 3.14. The van der Waals surface area contributed by atoms with Crippen LogP contribution in [0.5, 0.6) is 5.75 Å². The highest BCUT2D eigenvalue weighted by Crippen LogP contribution is 2.31. The maximum Gasteiger partial charge on any atom is 0.139 e. The molecule has 0 atom stereocenters. The van der Waals surface area contributed by atoms with Gasteiger partial charge in [-0.25, -0.2) is 0 Å². The third-order valence-electron chi connectivity index (χ3n) is 3.11. The van der Waals surface area contributed by atoms with E-state index in [9.17, 15) is 5.11 Å². The second kappa shape index (κ2) is 4.80. The minimum atomic E-state index is 0.356. The van der Waals surface area contributed by atoms with E-state index in [-0.39, 0.29) is 0 Å². The van der Waals surface area contributed by atoms with Gasteiger partial charge in [-0.15, -0.1) is 0 Å². The summed E-state index contributed by atoms with van der Waals surface area (Å²) in [6.45, 7) is 5.22. The minimum absolute atomic E-state index is 0.356. The fraction of sp³-hybridized carbons (Fsp3) is 0.429. The molecule has 0 spiro atoms. The molecule has 1 heterocycles. The summed E-state index contributed by atoms with van der Waals surface area (Å²) in [5, 5.41) is 14.3. The quantitative estimate of drug-likeness (QED) is 0.850. The highest BCUT2D eigenvalue weighted by atomic mass is 16.3. The van der Waals surface area contributed by atoms with E-state index in [0.717, 1.165) is 23.9 Å². The van der Waals surface area contributed by atoms with Crippen molar-refractivity contribution in [3.8, 4) is 5.75 Å². The zero-order valence-electron chi connectivity index (χ0n) is 10.7. The van der Waals surface area contributed by atoms with E-state index in [1.165, 1.54) is 5.56 Å². The van der Waals surface area contributed by atoms with Crippen LogP contribution >= 0.6 is 0 Å². The number of phenolic OH excluding ortho intramolecular Hbond substituents is 1. The molecular formula is C14H20N2O. The number of benzene rings is 1. The Bertz CT molecular complexity index is 514. The van der Waals surface area contributed by atoms with Crippen LogP contribution in [-0.4, -0.2) is 23.3 Å². The smallest absolute Gasteiger partial charge is 0.139 e. The standard InChI is InChI=1S/C14H20N2O/c1-10(2)16-9-11(7-8-15-3)12-5-4-6-13(17)14(12)16/h4-6,9-10,15,17H,7-8H2,1-3H3. The fourth-order valence-electron chi connectivity index (χ4n) is 2.23. The Morgan fingerprint density at radius 1 is 1.35 bits per heavy atom. The van der Waals surface area contributed by atoms with Gasteiger partial charge in [0.2, 0.25) is 0 Å². The Morgan fingerprint density at radius 2 is 2.12 bits per heavy atom. The van der Waals surface area contributed by atoms with Gasteiger partial charge in [-0.2, -0.15) is 0 Å². The number of rotatable bonds is 4. The van der Waals surface area contributed by atoms with Crippen LogP contribution in [0.25, 0.3) is 10.9 Å². The molecule has 0 aliphatic carbocycles. The lowest BCUT2D eigenvalue weighted by Gasteiger charge is -2.09. The summed E-state index contributed by atoms with van der Waals surface area (Å²) in [6, 6.07) is 6.10. The molecular weight excluding hydrogens is 212 g/mol. The minimum Gasteiger partial charge on any atom is -0.506 e. The summed E-state index contributed by atoms with van der Waals surface area (Å²) in [4.78, 5) is 0. The van der Waals surface area contributed by atoms with Crippen molar-refractivity contribution in [3.05, 3.63) is 30.0 Å². The number of likely N-dealkylation sites (N-methyl/N-ethyl adjacent to an activating group) is 1. The van der Waals surface area contributed by atoms with Crippen LogP contribution in [0.3, 0.4) is 0 Å². The zero-order valence-corrected chi connectivity index (χ0v) is 10.7. The lowest BCUT2D eigenvalue weighted by molar-refractivity contribution is 0.475. The maximum absolute atomic E-state index is 10.0. The van der Waals surface area contributed by atoms with Crippen LogP contribution in [0.2, 0.25) is 0 Å². The monoisotopic (exact) mass is 232 g/mol. The number of phenols is 1. The van der Waals surface area contributed by atoms with Gasteiger partial charge in [0.05, 0.1) is 5.52 Å². The molecule has 3 heteroatoms. The van der Waals surface area contributed by atoms with Crippen molar-refractivity contribution in [2.24, 2.45) is 0 Å². The Hall–Kier alpha value is -1.48. The number of nitrogens with zero attached hydrogens (tertiary/aromatic N) is 1.